The number of thioether (sulfide) groups is 1. The van der Waals surface area contributed by atoms with Crippen molar-refractivity contribution >= 4 is 34.6 Å². The molecule has 2 aromatic carbocycles. The van der Waals surface area contributed by atoms with Gasteiger partial charge in [-0.25, -0.2) is 14.4 Å². The molecule has 0 unspecified atom stereocenters. The molecule has 3 heterocycles. The number of hydrogen-bond acceptors (Lipinski definition) is 9. The van der Waals surface area contributed by atoms with Crippen LogP contribution < -0.4 is 15.8 Å². The smallest absolute Gasteiger partial charge is 0.289 e. The fraction of sp³-hybridized carbons (Fsp3) is 0.447. The van der Waals surface area contributed by atoms with Crippen molar-refractivity contribution in [3.63, 3.8) is 0 Å². The Morgan fingerprint density at radius 2 is 1.84 bits per heavy atom. The Balaban J connectivity index is 1.25. The number of carbonyl (C=O) groups excluding carboxylic acids is 2. The van der Waals surface area contributed by atoms with Gasteiger partial charge < -0.3 is 30.0 Å². The standard InChI is InChI=1S/C38H46FN7O4S/c1-37(2,23-41)50-38(3,4)24-42-35(47)27-11-12-31-32(20-27)46(17-18-51-5)34(44-31)36(48)45-15-13-26(14-16-45)30-7-6-8-33(43-30)49-22-28-10-9-25(21-40)19-29(28)39/h6-12,19-20,26H,13-18,22-24,41H2,1-5H3,(H,42,47). The van der Waals surface area contributed by atoms with Crippen molar-refractivity contribution in [3.8, 4) is 11.9 Å². The first-order valence-corrected chi connectivity index (χ1v) is 18.5. The summed E-state index contributed by atoms with van der Waals surface area (Å²) in [5.74, 6) is 0.759. The molecule has 13 heteroatoms. The zero-order valence-corrected chi connectivity index (χ0v) is 30.7. The molecule has 51 heavy (non-hydrogen) atoms. The highest BCUT2D eigenvalue weighted by Gasteiger charge is 2.30. The fourth-order valence-corrected chi connectivity index (χ4v) is 6.57. The lowest BCUT2D eigenvalue weighted by Gasteiger charge is -2.35. The molecule has 3 N–H and O–H groups in total. The summed E-state index contributed by atoms with van der Waals surface area (Å²) in [6.07, 6.45) is 3.44. The molecule has 5 rings (SSSR count). The molecule has 0 atom stereocenters. The van der Waals surface area contributed by atoms with Gasteiger partial charge in [-0.15, -0.1) is 0 Å². The van der Waals surface area contributed by atoms with Crippen molar-refractivity contribution < 1.29 is 23.5 Å². The summed E-state index contributed by atoms with van der Waals surface area (Å²) in [5, 5.41) is 12.0. The van der Waals surface area contributed by atoms with E-state index in [4.69, 9.17) is 25.5 Å². The van der Waals surface area contributed by atoms with Crippen LogP contribution in [0, 0.1) is 17.1 Å². The van der Waals surface area contributed by atoms with Gasteiger partial charge >= 0.3 is 0 Å². The zero-order valence-electron chi connectivity index (χ0n) is 29.9. The van der Waals surface area contributed by atoms with Gasteiger partial charge in [0, 0.05) is 67.3 Å². The molecule has 1 fully saturated rings. The summed E-state index contributed by atoms with van der Waals surface area (Å²) in [4.78, 5) is 38.5. The van der Waals surface area contributed by atoms with Crippen LogP contribution in [0.2, 0.25) is 0 Å². The summed E-state index contributed by atoms with van der Waals surface area (Å²) >= 11 is 1.67. The number of rotatable bonds is 14. The lowest BCUT2D eigenvalue weighted by molar-refractivity contribution is -0.114. The van der Waals surface area contributed by atoms with Crippen LogP contribution in [0.1, 0.15) is 84.3 Å². The number of aryl methyl sites for hydroxylation is 1. The maximum atomic E-state index is 14.3. The van der Waals surface area contributed by atoms with Gasteiger partial charge in [0.25, 0.3) is 11.8 Å². The molecule has 1 aliphatic heterocycles. The number of ether oxygens (including phenoxy) is 2. The van der Waals surface area contributed by atoms with E-state index in [2.05, 4.69) is 10.3 Å². The number of nitrogens with one attached hydrogen (secondary N) is 1. The number of nitrogens with zero attached hydrogens (tertiary/aromatic N) is 5. The minimum Gasteiger partial charge on any atom is -0.473 e. The van der Waals surface area contributed by atoms with Crippen LogP contribution in [0.15, 0.2) is 54.6 Å². The second-order valence-electron chi connectivity index (χ2n) is 14.0. The van der Waals surface area contributed by atoms with Gasteiger partial charge in [-0.3, -0.25) is 9.59 Å². The summed E-state index contributed by atoms with van der Waals surface area (Å²) < 4.78 is 28.2. The number of hydrogen-bond donors (Lipinski definition) is 2. The predicted molar refractivity (Wildman–Crippen MR) is 196 cm³/mol. The van der Waals surface area contributed by atoms with Crippen molar-refractivity contribution in [2.45, 2.75) is 70.8 Å². The number of imidazole rings is 1. The fourth-order valence-electron chi connectivity index (χ4n) is 6.20. The first-order valence-electron chi connectivity index (χ1n) is 17.1. The number of likely N-dealkylation sites (tertiary alicyclic amines) is 1. The zero-order chi connectivity index (χ0) is 36.8. The molecule has 0 bridgehead atoms. The summed E-state index contributed by atoms with van der Waals surface area (Å²) in [7, 11) is 0. The molecule has 0 aliphatic carbocycles. The molecular formula is C38H46FN7O4S. The number of piperidine rings is 1. The molecule has 1 aliphatic rings. The van der Waals surface area contributed by atoms with Crippen LogP contribution in [-0.2, 0) is 17.9 Å². The van der Waals surface area contributed by atoms with E-state index in [1.807, 2.05) is 61.6 Å². The number of halogens is 1. The van der Waals surface area contributed by atoms with Crippen molar-refractivity contribution in [2.75, 3.05) is 38.2 Å². The number of carbonyl (C=O) groups is 2. The van der Waals surface area contributed by atoms with E-state index in [-0.39, 0.29) is 29.9 Å². The van der Waals surface area contributed by atoms with E-state index in [9.17, 15) is 14.0 Å². The third kappa shape index (κ3) is 9.44. The Morgan fingerprint density at radius 1 is 1.08 bits per heavy atom. The number of benzene rings is 2. The lowest BCUT2D eigenvalue weighted by Crippen LogP contribution is -2.48. The van der Waals surface area contributed by atoms with E-state index in [0.717, 1.165) is 17.0 Å². The average molecular weight is 716 g/mol. The molecular weight excluding hydrogens is 670 g/mol. The van der Waals surface area contributed by atoms with Gasteiger partial charge in [-0.2, -0.15) is 17.0 Å². The first kappa shape index (κ1) is 37.7. The van der Waals surface area contributed by atoms with E-state index >= 15 is 0 Å². The van der Waals surface area contributed by atoms with Gasteiger partial charge in [0.1, 0.15) is 12.4 Å². The van der Waals surface area contributed by atoms with Gasteiger partial charge in [-0.1, -0.05) is 12.1 Å². The number of fused-ring (bicyclic) bond motifs is 1. The second kappa shape index (κ2) is 16.2. The molecule has 0 saturated carbocycles. The van der Waals surface area contributed by atoms with Gasteiger partial charge in [0.05, 0.1) is 33.9 Å². The number of nitriles is 1. The van der Waals surface area contributed by atoms with Crippen molar-refractivity contribution in [1.29, 1.82) is 5.26 Å². The van der Waals surface area contributed by atoms with Gasteiger partial charge in [-0.05, 0) is 83.2 Å². The lowest BCUT2D eigenvalue weighted by atomic mass is 9.93. The van der Waals surface area contributed by atoms with E-state index in [1.54, 1.807) is 48.2 Å². The molecule has 2 aromatic heterocycles. The van der Waals surface area contributed by atoms with Gasteiger partial charge in [0.2, 0.25) is 5.88 Å². The number of pyridine rings is 1. The number of aromatic nitrogens is 3. The van der Waals surface area contributed by atoms with E-state index in [1.165, 1.54) is 6.07 Å². The van der Waals surface area contributed by atoms with E-state index < -0.39 is 17.0 Å². The van der Waals surface area contributed by atoms with Crippen LogP contribution in [0.3, 0.4) is 0 Å². The first-order chi connectivity index (χ1) is 24.3. The van der Waals surface area contributed by atoms with Crippen LogP contribution >= 0.6 is 11.8 Å². The minimum absolute atomic E-state index is 0.00842. The van der Waals surface area contributed by atoms with Crippen LogP contribution in [0.5, 0.6) is 5.88 Å². The molecule has 1 saturated heterocycles. The number of nitrogens with two attached hydrogens (primary N) is 1. The highest BCUT2D eigenvalue weighted by Crippen LogP contribution is 2.30. The molecule has 4 aromatic rings. The second-order valence-corrected chi connectivity index (χ2v) is 15.0. The molecule has 0 spiro atoms. The topological polar surface area (TPSA) is 148 Å². The van der Waals surface area contributed by atoms with Crippen molar-refractivity contribution in [1.82, 2.24) is 24.8 Å². The molecule has 270 valence electrons. The number of amides is 2. The largest absolute Gasteiger partial charge is 0.473 e. The third-order valence-corrected chi connectivity index (χ3v) is 9.53. The van der Waals surface area contributed by atoms with Crippen LogP contribution in [-0.4, -0.2) is 80.6 Å². The Morgan fingerprint density at radius 3 is 2.53 bits per heavy atom. The Labute approximate surface area is 302 Å². The molecule has 11 nitrogen and oxygen atoms in total. The van der Waals surface area contributed by atoms with Crippen molar-refractivity contribution in [3.05, 3.63) is 88.6 Å². The predicted octanol–water partition coefficient (Wildman–Crippen LogP) is 5.67. The van der Waals surface area contributed by atoms with E-state index in [0.29, 0.717) is 73.9 Å². The quantitative estimate of drug-likeness (QED) is 0.169. The minimum atomic E-state index is -0.629. The summed E-state index contributed by atoms with van der Waals surface area (Å²) in [6, 6.07) is 17.1. The molecule has 0 radical (unpaired) electrons. The Hall–Kier alpha value is -4.51. The Kier molecular flexibility index (Phi) is 12.0. The third-order valence-electron chi connectivity index (χ3n) is 8.94. The summed E-state index contributed by atoms with van der Waals surface area (Å²) in [6.45, 7) is 9.94. The molecule has 2 amide bonds. The summed E-state index contributed by atoms with van der Waals surface area (Å²) in [5.41, 5.74) is 7.99. The maximum absolute atomic E-state index is 14.3. The highest BCUT2D eigenvalue weighted by molar-refractivity contribution is 7.98. The van der Waals surface area contributed by atoms with Gasteiger partial charge in [0.15, 0.2) is 5.82 Å². The SMILES string of the molecule is CSCCn1c(C(=O)N2CCC(c3cccc(OCc4ccc(C#N)cc4F)n3)CC2)nc2ccc(C(=O)NCC(C)(C)OC(C)(C)CN)cc21. The maximum Gasteiger partial charge on any atom is 0.289 e. The van der Waals surface area contributed by atoms with Crippen molar-refractivity contribution in [2.24, 2.45) is 5.73 Å². The van der Waals surface area contributed by atoms with Crippen LogP contribution in [0.25, 0.3) is 11.0 Å². The van der Waals surface area contributed by atoms with Crippen LogP contribution in [0.4, 0.5) is 4.39 Å². The monoisotopic (exact) mass is 715 g/mol. The normalized spacial score (nSPS) is 14.0. The Bertz CT molecular complexity index is 1910. The average Bonchev–Trinajstić information content (AvgIpc) is 3.49. The highest BCUT2D eigenvalue weighted by atomic mass is 32.2.